The molecule has 2 heterocycles. The van der Waals surface area contributed by atoms with Crippen molar-refractivity contribution in [1.82, 2.24) is 10.2 Å². The van der Waals surface area contributed by atoms with E-state index >= 15 is 0 Å². The number of carbonyl (C=O) groups excluding carboxylic acids is 1. The predicted octanol–water partition coefficient (Wildman–Crippen LogP) is 5.92. The van der Waals surface area contributed by atoms with Crippen LogP contribution in [0.3, 0.4) is 0 Å². The fourth-order valence-electron chi connectivity index (χ4n) is 4.38. The summed E-state index contributed by atoms with van der Waals surface area (Å²) in [5.41, 5.74) is 1.82. The maximum Gasteiger partial charge on any atom is 0.410 e. The van der Waals surface area contributed by atoms with Gasteiger partial charge < -0.3 is 25.2 Å². The quantitative estimate of drug-likeness (QED) is 0.422. The number of nitrogens with one attached hydrogen (secondary N) is 1. The minimum absolute atomic E-state index is 0. The van der Waals surface area contributed by atoms with E-state index in [2.05, 4.69) is 5.32 Å². The average molecular weight is 576 g/mol. The molecule has 9 heteroatoms. The molecule has 0 radical (unpaired) electrons. The van der Waals surface area contributed by atoms with Gasteiger partial charge in [0.15, 0.2) is 0 Å². The van der Waals surface area contributed by atoms with Crippen molar-refractivity contribution >= 4 is 41.7 Å². The Balaban J connectivity index is 0.000000375. The average Bonchev–Trinajstić information content (AvgIpc) is 3.35. The zero-order chi connectivity index (χ0) is 25.6. The van der Waals surface area contributed by atoms with Crippen molar-refractivity contribution in [2.24, 2.45) is 0 Å². The molecule has 6 nitrogen and oxygen atoms in total. The third-order valence-corrected chi connectivity index (χ3v) is 6.50. The first-order valence-corrected chi connectivity index (χ1v) is 12.8. The number of aliphatic hydroxyl groups is 2. The third-order valence-electron chi connectivity index (χ3n) is 6.00. The molecule has 37 heavy (non-hydrogen) atoms. The van der Waals surface area contributed by atoms with Crippen LogP contribution in [0, 0.1) is 0 Å². The molecule has 2 aliphatic heterocycles. The highest BCUT2D eigenvalue weighted by Crippen LogP contribution is 2.25. The van der Waals surface area contributed by atoms with Crippen LogP contribution >= 0.6 is 35.6 Å². The van der Waals surface area contributed by atoms with Crippen molar-refractivity contribution in [3.05, 3.63) is 69.7 Å². The summed E-state index contributed by atoms with van der Waals surface area (Å²) in [5.74, 6) is 0. The molecule has 2 saturated heterocycles. The Kier molecular flexibility index (Phi) is 13.7. The van der Waals surface area contributed by atoms with Gasteiger partial charge >= 0.3 is 6.09 Å². The van der Waals surface area contributed by atoms with Gasteiger partial charge in [0.2, 0.25) is 0 Å². The molecule has 1 amide bonds. The van der Waals surface area contributed by atoms with Crippen molar-refractivity contribution in [2.45, 2.75) is 83.8 Å². The topological polar surface area (TPSA) is 82.0 Å². The molecule has 4 atom stereocenters. The van der Waals surface area contributed by atoms with E-state index in [1.165, 1.54) is 5.56 Å². The lowest BCUT2D eigenvalue weighted by molar-refractivity contribution is 0.0208. The van der Waals surface area contributed by atoms with E-state index in [1.807, 2.05) is 69.3 Å². The smallest absolute Gasteiger partial charge is 0.410 e. The van der Waals surface area contributed by atoms with Gasteiger partial charge in [-0.05, 0) is 81.8 Å². The molecule has 208 valence electrons. The van der Waals surface area contributed by atoms with Gasteiger partial charge in [-0.25, -0.2) is 4.79 Å². The summed E-state index contributed by atoms with van der Waals surface area (Å²) < 4.78 is 5.41. The first-order chi connectivity index (χ1) is 16.5. The predicted molar refractivity (Wildman–Crippen MR) is 154 cm³/mol. The number of aliphatic hydroxyl groups excluding tert-OH is 2. The Labute approximate surface area is 237 Å². The van der Waals surface area contributed by atoms with Crippen molar-refractivity contribution in [3.8, 4) is 0 Å². The van der Waals surface area contributed by atoms with E-state index in [0.717, 1.165) is 30.0 Å². The molecular weight excluding hydrogens is 535 g/mol. The molecule has 0 aromatic heterocycles. The van der Waals surface area contributed by atoms with Gasteiger partial charge in [-0.3, -0.25) is 0 Å². The molecule has 0 spiro atoms. The van der Waals surface area contributed by atoms with Crippen molar-refractivity contribution in [3.63, 3.8) is 0 Å². The van der Waals surface area contributed by atoms with Crippen LogP contribution in [0.4, 0.5) is 4.79 Å². The van der Waals surface area contributed by atoms with Crippen LogP contribution < -0.4 is 5.32 Å². The first-order valence-electron chi connectivity index (χ1n) is 12.1. The number of rotatable bonds is 4. The van der Waals surface area contributed by atoms with Crippen molar-refractivity contribution < 1.29 is 19.7 Å². The highest BCUT2D eigenvalue weighted by molar-refractivity contribution is 6.30. The van der Waals surface area contributed by atoms with Gasteiger partial charge in [0.05, 0.1) is 18.8 Å². The second-order valence-corrected chi connectivity index (χ2v) is 11.2. The van der Waals surface area contributed by atoms with Crippen LogP contribution in [0.2, 0.25) is 10.0 Å². The summed E-state index contributed by atoms with van der Waals surface area (Å²) >= 11 is 11.7. The SMILES string of the molecule is C.CC(C)(C)OC(=O)N1C[C@H](O)C[C@@H]1Cc1ccc(Cl)cc1.Cl.O[C@H]1CN[C@@H](Cc2ccc(Cl)cc2)C1. The van der Waals surface area contributed by atoms with E-state index in [4.69, 9.17) is 27.9 Å². The Morgan fingerprint density at radius 2 is 1.46 bits per heavy atom. The second-order valence-electron chi connectivity index (χ2n) is 10.3. The van der Waals surface area contributed by atoms with Gasteiger partial charge in [0, 0.05) is 28.7 Å². The van der Waals surface area contributed by atoms with Gasteiger partial charge in [0.25, 0.3) is 0 Å². The molecule has 3 N–H and O–H groups in total. The summed E-state index contributed by atoms with van der Waals surface area (Å²) in [6.45, 7) is 6.56. The summed E-state index contributed by atoms with van der Waals surface area (Å²) in [5, 5.41) is 24.0. The number of halogens is 3. The monoisotopic (exact) mass is 574 g/mol. The Hall–Kier alpha value is -1.54. The van der Waals surface area contributed by atoms with Crippen LogP contribution in [0.1, 0.15) is 52.2 Å². The van der Waals surface area contributed by atoms with Crippen LogP contribution in [0.15, 0.2) is 48.5 Å². The normalized spacial score (nSPS) is 22.8. The third kappa shape index (κ3) is 11.4. The van der Waals surface area contributed by atoms with Crippen LogP contribution in [-0.4, -0.2) is 64.2 Å². The van der Waals surface area contributed by atoms with E-state index in [1.54, 1.807) is 4.90 Å². The Morgan fingerprint density at radius 3 is 1.92 bits per heavy atom. The largest absolute Gasteiger partial charge is 0.444 e. The Bertz CT molecular complexity index is 951. The van der Waals surface area contributed by atoms with Crippen LogP contribution in [0.5, 0.6) is 0 Å². The summed E-state index contributed by atoms with van der Waals surface area (Å²) in [6, 6.07) is 15.8. The van der Waals surface area contributed by atoms with Crippen molar-refractivity contribution in [1.29, 1.82) is 0 Å². The number of hydrogen-bond donors (Lipinski definition) is 3. The number of amides is 1. The van der Waals surface area contributed by atoms with E-state index in [0.29, 0.717) is 30.5 Å². The van der Waals surface area contributed by atoms with Crippen LogP contribution in [-0.2, 0) is 17.6 Å². The number of hydrogen-bond acceptors (Lipinski definition) is 5. The lowest BCUT2D eigenvalue weighted by Crippen LogP contribution is -2.41. The van der Waals surface area contributed by atoms with Gasteiger partial charge in [-0.15, -0.1) is 12.4 Å². The lowest BCUT2D eigenvalue weighted by atomic mass is 10.0. The number of β-amino-alcohol motifs (C(OH)–C–C–N with tert-alkyl or cyclic N) is 2. The molecule has 4 rings (SSSR count). The maximum atomic E-state index is 12.2. The number of carbonyl (C=O) groups is 1. The van der Waals surface area contributed by atoms with Gasteiger partial charge in [-0.1, -0.05) is 54.9 Å². The second kappa shape index (κ2) is 15.2. The lowest BCUT2D eigenvalue weighted by Gasteiger charge is -2.28. The molecule has 2 fully saturated rings. The standard InChI is InChI=1S/C16H22ClNO3.C11H14ClNO.CH4.ClH/c1-16(2,3)21-15(20)18-10-14(19)9-13(18)8-11-4-6-12(17)7-5-11;12-9-3-1-8(2-4-9)5-10-6-11(14)7-13-10;;/h4-7,13-14,19H,8-10H2,1-3H3;1-4,10-11,13-14H,5-7H2;1H4;1H/t13-,14+;10-,11+;;/m00../s1. The highest BCUT2D eigenvalue weighted by Gasteiger charge is 2.36. The number of nitrogens with zero attached hydrogens (tertiary/aromatic N) is 1. The molecule has 2 aromatic rings. The first kappa shape index (κ1) is 33.5. The molecule has 2 aliphatic rings. The van der Waals surface area contributed by atoms with E-state index in [9.17, 15) is 15.0 Å². The summed E-state index contributed by atoms with van der Waals surface area (Å²) in [7, 11) is 0. The maximum absolute atomic E-state index is 12.2. The zero-order valence-corrected chi connectivity index (χ0v) is 23.3. The number of likely N-dealkylation sites (tertiary alicyclic amines) is 1. The van der Waals surface area contributed by atoms with Crippen molar-refractivity contribution in [2.75, 3.05) is 13.1 Å². The molecule has 2 aromatic carbocycles. The minimum Gasteiger partial charge on any atom is -0.444 e. The van der Waals surface area contributed by atoms with E-state index < -0.39 is 11.7 Å². The summed E-state index contributed by atoms with van der Waals surface area (Å²) in [4.78, 5) is 13.9. The molecule has 0 bridgehead atoms. The number of ether oxygens (including phenoxy) is 1. The fraction of sp³-hybridized carbons (Fsp3) is 0.536. The minimum atomic E-state index is -0.532. The number of benzene rings is 2. The van der Waals surface area contributed by atoms with Gasteiger partial charge in [0.1, 0.15) is 5.60 Å². The molecule has 0 saturated carbocycles. The van der Waals surface area contributed by atoms with E-state index in [-0.39, 0.29) is 38.1 Å². The molecular formula is C28H41Cl3N2O4. The molecule has 0 unspecified atom stereocenters. The zero-order valence-electron chi connectivity index (χ0n) is 21.0. The molecule has 0 aliphatic carbocycles. The van der Waals surface area contributed by atoms with Crippen LogP contribution in [0.25, 0.3) is 0 Å². The Morgan fingerprint density at radius 1 is 0.946 bits per heavy atom. The summed E-state index contributed by atoms with van der Waals surface area (Å²) in [6.07, 6.45) is 2.05. The fourth-order valence-corrected chi connectivity index (χ4v) is 4.63. The van der Waals surface area contributed by atoms with Gasteiger partial charge in [-0.2, -0.15) is 0 Å². The highest BCUT2D eigenvalue weighted by atomic mass is 35.5.